The Labute approximate surface area is 269 Å². The topological polar surface area (TPSA) is 43.9 Å². The number of nitrogens with zero attached hydrogens (tertiary/aromatic N) is 3. The molecular formula is C42H35N3O. The van der Waals surface area contributed by atoms with Crippen LogP contribution in [-0.2, 0) is 0 Å². The molecule has 0 aliphatic rings. The first-order chi connectivity index (χ1) is 22.5. The van der Waals surface area contributed by atoms with Crippen LogP contribution in [0.1, 0.15) is 50.7 Å². The molecule has 224 valence electrons. The molecule has 5 aromatic carbocycles. The first-order valence-corrected chi connectivity index (χ1v) is 16.1. The maximum absolute atomic E-state index is 6.74. The zero-order chi connectivity index (χ0) is 31.4. The van der Waals surface area contributed by atoms with Gasteiger partial charge in [0.1, 0.15) is 17.0 Å². The molecule has 0 bridgehead atoms. The average molecular weight is 598 g/mol. The summed E-state index contributed by atoms with van der Waals surface area (Å²) in [6.07, 6.45) is 1.82. The van der Waals surface area contributed by atoms with E-state index in [2.05, 4.69) is 140 Å². The third kappa shape index (κ3) is 4.60. The van der Waals surface area contributed by atoms with E-state index in [1.807, 2.05) is 24.4 Å². The van der Waals surface area contributed by atoms with E-state index in [9.17, 15) is 0 Å². The van der Waals surface area contributed by atoms with Gasteiger partial charge in [0, 0.05) is 22.5 Å². The van der Waals surface area contributed by atoms with Crippen LogP contribution >= 0.6 is 0 Å². The highest BCUT2D eigenvalue weighted by molar-refractivity contribution is 6.10. The summed E-state index contributed by atoms with van der Waals surface area (Å²) in [5.41, 5.74) is 12.9. The van der Waals surface area contributed by atoms with Crippen LogP contribution < -0.4 is 0 Å². The number of pyridine rings is 1. The first kappa shape index (κ1) is 28.0. The lowest BCUT2D eigenvalue weighted by molar-refractivity contribution is 0.669. The van der Waals surface area contributed by atoms with Crippen molar-refractivity contribution in [1.29, 1.82) is 0 Å². The summed E-state index contributed by atoms with van der Waals surface area (Å²) in [6, 6.07) is 42.7. The first-order valence-electron chi connectivity index (χ1n) is 16.1. The summed E-state index contributed by atoms with van der Waals surface area (Å²) in [6.45, 7) is 9.15. The third-order valence-electron chi connectivity index (χ3n) is 9.00. The van der Waals surface area contributed by atoms with E-state index in [4.69, 9.17) is 9.40 Å². The van der Waals surface area contributed by atoms with Gasteiger partial charge >= 0.3 is 0 Å². The molecule has 4 nitrogen and oxygen atoms in total. The van der Waals surface area contributed by atoms with Crippen LogP contribution in [0, 0.1) is 0 Å². The predicted octanol–water partition coefficient (Wildman–Crippen LogP) is 11.6. The number of hydrogen-bond donors (Lipinski definition) is 0. The fourth-order valence-corrected chi connectivity index (χ4v) is 6.72. The van der Waals surface area contributed by atoms with Gasteiger partial charge in [-0.2, -0.15) is 0 Å². The monoisotopic (exact) mass is 597 g/mol. The van der Waals surface area contributed by atoms with Gasteiger partial charge in [0.2, 0.25) is 0 Å². The van der Waals surface area contributed by atoms with E-state index in [0.717, 1.165) is 55.6 Å². The molecule has 0 atom stereocenters. The second kappa shape index (κ2) is 11.1. The summed E-state index contributed by atoms with van der Waals surface area (Å²) in [7, 11) is 0. The van der Waals surface area contributed by atoms with Gasteiger partial charge in [-0.1, -0.05) is 94.4 Å². The molecule has 0 radical (unpaired) electrons. The summed E-state index contributed by atoms with van der Waals surface area (Å²) in [5, 5.41) is 2.16. The zero-order valence-electron chi connectivity index (χ0n) is 26.5. The number of hydrogen-bond acceptors (Lipinski definition) is 3. The maximum atomic E-state index is 6.74. The van der Waals surface area contributed by atoms with Gasteiger partial charge in [-0.3, -0.25) is 9.55 Å². The van der Waals surface area contributed by atoms with Crippen molar-refractivity contribution in [2.45, 2.75) is 39.5 Å². The minimum absolute atomic E-state index is 0.289. The van der Waals surface area contributed by atoms with E-state index in [1.54, 1.807) is 0 Å². The van der Waals surface area contributed by atoms with Gasteiger partial charge < -0.3 is 4.42 Å². The molecule has 46 heavy (non-hydrogen) atoms. The van der Waals surface area contributed by atoms with Crippen LogP contribution in [0.5, 0.6) is 0 Å². The highest BCUT2D eigenvalue weighted by Gasteiger charge is 2.25. The van der Waals surface area contributed by atoms with Gasteiger partial charge in [0.25, 0.3) is 0 Å². The number of para-hydroxylation sites is 3. The second-order valence-electron chi connectivity index (χ2n) is 12.6. The molecule has 0 saturated carbocycles. The molecule has 4 heteroatoms. The van der Waals surface area contributed by atoms with Crippen molar-refractivity contribution >= 4 is 33.0 Å². The van der Waals surface area contributed by atoms with Crippen molar-refractivity contribution in [1.82, 2.24) is 14.5 Å². The molecule has 3 aromatic heterocycles. The Balaban J connectivity index is 1.42. The number of aromatic nitrogens is 3. The summed E-state index contributed by atoms with van der Waals surface area (Å²) < 4.78 is 9.12. The number of benzene rings is 5. The number of furan rings is 1. The largest absolute Gasteiger partial charge is 0.455 e. The van der Waals surface area contributed by atoms with Crippen LogP contribution in [0.2, 0.25) is 0 Å². The zero-order valence-corrected chi connectivity index (χ0v) is 26.5. The minimum Gasteiger partial charge on any atom is -0.455 e. The normalized spacial score (nSPS) is 11.9. The summed E-state index contributed by atoms with van der Waals surface area (Å²) in [5.74, 6) is 1.46. The summed E-state index contributed by atoms with van der Waals surface area (Å²) >= 11 is 0. The summed E-state index contributed by atoms with van der Waals surface area (Å²) in [4.78, 5) is 9.88. The molecule has 0 saturated heterocycles. The number of fused-ring (bicyclic) bond motifs is 4. The molecule has 3 heterocycles. The van der Waals surface area contributed by atoms with E-state index < -0.39 is 0 Å². The van der Waals surface area contributed by atoms with Gasteiger partial charge in [0.15, 0.2) is 0 Å². The molecular weight excluding hydrogens is 562 g/mol. The Bertz CT molecular complexity index is 2330. The highest BCUT2D eigenvalue weighted by atomic mass is 16.3. The molecule has 0 unspecified atom stereocenters. The highest BCUT2D eigenvalue weighted by Crippen LogP contribution is 2.42. The van der Waals surface area contributed by atoms with Gasteiger partial charge in [-0.25, -0.2) is 4.98 Å². The lowest BCUT2D eigenvalue weighted by Crippen LogP contribution is -2.09. The third-order valence-corrected chi connectivity index (χ3v) is 9.00. The van der Waals surface area contributed by atoms with Gasteiger partial charge in [0.05, 0.1) is 28.0 Å². The Morgan fingerprint density at radius 3 is 2.09 bits per heavy atom. The fraction of sp³-hybridized carbons (Fsp3) is 0.143. The Morgan fingerprint density at radius 1 is 0.609 bits per heavy atom. The fourth-order valence-electron chi connectivity index (χ4n) is 6.72. The van der Waals surface area contributed by atoms with Crippen molar-refractivity contribution in [3.63, 3.8) is 0 Å². The molecule has 0 aliphatic heterocycles. The molecule has 8 aromatic rings. The lowest BCUT2D eigenvalue weighted by Gasteiger charge is -2.24. The molecule has 0 amide bonds. The van der Waals surface area contributed by atoms with Gasteiger partial charge in [-0.15, -0.1) is 0 Å². The Morgan fingerprint density at radius 2 is 1.35 bits per heavy atom. The molecule has 0 aliphatic carbocycles. The van der Waals surface area contributed by atoms with Crippen molar-refractivity contribution in [3.8, 4) is 39.5 Å². The average Bonchev–Trinajstić information content (AvgIpc) is 3.66. The molecule has 0 fully saturated rings. The van der Waals surface area contributed by atoms with E-state index >= 15 is 0 Å². The predicted molar refractivity (Wildman–Crippen MR) is 191 cm³/mol. The van der Waals surface area contributed by atoms with Crippen LogP contribution in [0.25, 0.3) is 72.4 Å². The van der Waals surface area contributed by atoms with Crippen molar-refractivity contribution < 1.29 is 4.42 Å². The SMILES string of the molecule is CC(C)c1cc(-c2ccccc2)cc(C(C)C)c1-n1c(-c2cccc3c2oc2cc(-c4ccccn4)ccc23)nc2ccccc21. The van der Waals surface area contributed by atoms with E-state index in [1.165, 1.54) is 27.9 Å². The quantitative estimate of drug-likeness (QED) is 0.191. The number of rotatable bonds is 6. The minimum atomic E-state index is 0.289. The van der Waals surface area contributed by atoms with Crippen LogP contribution in [-0.4, -0.2) is 14.5 Å². The molecule has 0 spiro atoms. The Kier molecular flexibility index (Phi) is 6.79. The van der Waals surface area contributed by atoms with Crippen LogP contribution in [0.15, 0.2) is 132 Å². The maximum Gasteiger partial charge on any atom is 0.149 e. The molecule has 8 rings (SSSR count). The molecule has 0 N–H and O–H groups in total. The standard InChI is InChI=1S/C42H35N3O/c1-26(2)34-23-30(28-13-6-5-7-14-28)24-35(27(3)4)40(34)45-38-19-9-8-18-37(38)44-42(45)33-16-12-15-32-31-21-20-29(25-39(31)46-41(32)33)36-17-10-11-22-43-36/h5-27H,1-4H3. The smallest absolute Gasteiger partial charge is 0.149 e. The van der Waals surface area contributed by atoms with Crippen molar-refractivity contribution in [3.05, 3.63) is 139 Å². The van der Waals surface area contributed by atoms with Crippen LogP contribution in [0.3, 0.4) is 0 Å². The van der Waals surface area contributed by atoms with Crippen LogP contribution in [0.4, 0.5) is 0 Å². The van der Waals surface area contributed by atoms with Crippen molar-refractivity contribution in [2.24, 2.45) is 0 Å². The number of imidazole rings is 1. The van der Waals surface area contributed by atoms with Crippen molar-refractivity contribution in [2.75, 3.05) is 0 Å². The van der Waals surface area contributed by atoms with E-state index in [0.29, 0.717) is 0 Å². The second-order valence-corrected chi connectivity index (χ2v) is 12.6. The van der Waals surface area contributed by atoms with E-state index in [-0.39, 0.29) is 11.8 Å². The lowest BCUT2D eigenvalue weighted by atomic mass is 9.88. The van der Waals surface area contributed by atoms with Gasteiger partial charge in [-0.05, 0) is 88.7 Å². The Hall–Kier alpha value is -5.48.